The fourth-order valence-electron chi connectivity index (χ4n) is 2.58. The molecule has 0 aromatic heterocycles. The molecule has 1 aromatic rings. The molecule has 0 aliphatic heterocycles. The van der Waals surface area contributed by atoms with Gasteiger partial charge in [0.2, 0.25) is 5.91 Å². The Labute approximate surface area is 139 Å². The molecule has 3 amide bonds. The van der Waals surface area contributed by atoms with Crippen LogP contribution in [-0.2, 0) is 11.2 Å². The van der Waals surface area contributed by atoms with Crippen molar-refractivity contribution < 1.29 is 9.59 Å². The highest BCUT2D eigenvalue weighted by Crippen LogP contribution is 2.23. The molecule has 1 aromatic carbocycles. The number of carbonyl (C=O) groups is 2. The van der Waals surface area contributed by atoms with Crippen molar-refractivity contribution in [3.63, 3.8) is 0 Å². The number of rotatable bonds is 7. The second-order valence-electron chi connectivity index (χ2n) is 6.80. The van der Waals surface area contributed by atoms with E-state index in [0.717, 1.165) is 12.0 Å². The minimum absolute atomic E-state index is 0.0247. The van der Waals surface area contributed by atoms with Crippen molar-refractivity contribution in [1.82, 2.24) is 10.6 Å². The summed E-state index contributed by atoms with van der Waals surface area (Å²) in [6.07, 6.45) is 1.05. The van der Waals surface area contributed by atoms with E-state index in [4.69, 9.17) is 5.73 Å². The van der Waals surface area contributed by atoms with E-state index in [0.29, 0.717) is 11.8 Å². The van der Waals surface area contributed by atoms with Crippen molar-refractivity contribution >= 4 is 11.9 Å². The van der Waals surface area contributed by atoms with Gasteiger partial charge in [-0.3, -0.25) is 15.4 Å². The number of hydrogen-bond acceptors (Lipinski definition) is 3. The van der Waals surface area contributed by atoms with Crippen LogP contribution in [0.15, 0.2) is 24.3 Å². The molecule has 23 heavy (non-hydrogen) atoms. The lowest BCUT2D eigenvalue weighted by molar-refractivity contribution is -0.121. The third-order valence-corrected chi connectivity index (χ3v) is 3.72. The van der Waals surface area contributed by atoms with Crippen LogP contribution in [0.2, 0.25) is 0 Å². The van der Waals surface area contributed by atoms with Crippen LogP contribution >= 0.6 is 0 Å². The fraction of sp³-hybridized carbons (Fsp3) is 0.556. The molecular weight excluding hydrogens is 290 g/mol. The molecule has 0 aliphatic carbocycles. The maximum absolute atomic E-state index is 11.8. The van der Waals surface area contributed by atoms with Gasteiger partial charge in [0.1, 0.15) is 0 Å². The van der Waals surface area contributed by atoms with Crippen LogP contribution in [0, 0.1) is 11.8 Å². The van der Waals surface area contributed by atoms with Crippen molar-refractivity contribution in [3.8, 4) is 0 Å². The van der Waals surface area contributed by atoms with Crippen molar-refractivity contribution in [1.29, 1.82) is 0 Å². The first kappa shape index (κ1) is 19.2. The molecule has 0 bridgehead atoms. The second-order valence-corrected chi connectivity index (χ2v) is 6.80. The summed E-state index contributed by atoms with van der Waals surface area (Å²) in [6.45, 7) is 10.3. The first-order valence-electron chi connectivity index (χ1n) is 8.15. The van der Waals surface area contributed by atoms with E-state index in [2.05, 4.69) is 62.6 Å². The SMILES string of the molecule is CC(C)Cc1ccc([C@@H](N[C@H](C)C(=O)NC(N)=O)C(C)C)cc1. The lowest BCUT2D eigenvalue weighted by Crippen LogP contribution is -2.48. The Morgan fingerprint density at radius 3 is 2.04 bits per heavy atom. The van der Waals surface area contributed by atoms with E-state index in [1.807, 2.05) is 0 Å². The minimum Gasteiger partial charge on any atom is -0.351 e. The normalized spacial score (nSPS) is 13.9. The molecular formula is C18H29N3O2. The van der Waals surface area contributed by atoms with Gasteiger partial charge in [0.25, 0.3) is 0 Å². The number of urea groups is 1. The number of primary amides is 1. The molecule has 0 aliphatic rings. The minimum atomic E-state index is -0.831. The van der Waals surface area contributed by atoms with E-state index in [9.17, 15) is 9.59 Å². The molecule has 0 saturated heterocycles. The lowest BCUT2D eigenvalue weighted by Gasteiger charge is -2.26. The van der Waals surface area contributed by atoms with Gasteiger partial charge >= 0.3 is 6.03 Å². The third-order valence-electron chi connectivity index (χ3n) is 3.72. The number of amides is 3. The van der Waals surface area contributed by atoms with E-state index in [-0.39, 0.29) is 6.04 Å². The average Bonchev–Trinajstić information content (AvgIpc) is 2.43. The van der Waals surface area contributed by atoms with Crippen LogP contribution < -0.4 is 16.4 Å². The summed E-state index contributed by atoms with van der Waals surface area (Å²) in [7, 11) is 0. The van der Waals surface area contributed by atoms with Gasteiger partial charge in [-0.1, -0.05) is 52.0 Å². The highest BCUT2D eigenvalue weighted by molar-refractivity contribution is 5.96. The Morgan fingerprint density at radius 2 is 1.61 bits per heavy atom. The van der Waals surface area contributed by atoms with Gasteiger partial charge in [0.05, 0.1) is 6.04 Å². The number of carbonyl (C=O) groups excluding carboxylic acids is 2. The maximum Gasteiger partial charge on any atom is 0.318 e. The Bertz CT molecular complexity index is 524. The first-order valence-corrected chi connectivity index (χ1v) is 8.15. The summed E-state index contributed by atoms with van der Waals surface area (Å²) in [5, 5.41) is 5.38. The molecule has 0 heterocycles. The Balaban J connectivity index is 2.82. The van der Waals surface area contributed by atoms with Crippen molar-refractivity contribution in [2.45, 2.75) is 53.1 Å². The van der Waals surface area contributed by atoms with Crippen LogP contribution in [0.4, 0.5) is 4.79 Å². The zero-order chi connectivity index (χ0) is 17.6. The number of hydrogen-bond donors (Lipinski definition) is 3. The third kappa shape index (κ3) is 6.40. The Kier molecular flexibility index (Phi) is 7.23. The summed E-state index contributed by atoms with van der Waals surface area (Å²) in [6, 6.07) is 7.17. The standard InChI is InChI=1S/C18H29N3O2/c1-11(2)10-14-6-8-15(9-7-14)16(12(3)4)20-13(5)17(22)21-18(19)23/h6-9,11-13,16,20H,10H2,1-5H3,(H3,19,21,22,23)/t13-,16+/m1/s1. The summed E-state index contributed by atoms with van der Waals surface area (Å²) >= 11 is 0. The van der Waals surface area contributed by atoms with E-state index in [1.54, 1.807) is 6.92 Å². The summed E-state index contributed by atoms with van der Waals surface area (Å²) < 4.78 is 0. The largest absolute Gasteiger partial charge is 0.351 e. The van der Waals surface area contributed by atoms with Gasteiger partial charge in [-0.15, -0.1) is 0 Å². The van der Waals surface area contributed by atoms with Gasteiger partial charge < -0.3 is 5.73 Å². The zero-order valence-corrected chi connectivity index (χ0v) is 14.7. The van der Waals surface area contributed by atoms with Gasteiger partial charge in [0, 0.05) is 6.04 Å². The van der Waals surface area contributed by atoms with Crippen molar-refractivity contribution in [2.24, 2.45) is 17.6 Å². The zero-order valence-electron chi connectivity index (χ0n) is 14.7. The number of nitrogens with one attached hydrogen (secondary N) is 2. The van der Waals surface area contributed by atoms with Crippen LogP contribution in [0.5, 0.6) is 0 Å². The highest BCUT2D eigenvalue weighted by Gasteiger charge is 2.22. The van der Waals surface area contributed by atoms with Crippen molar-refractivity contribution in [2.75, 3.05) is 0 Å². The monoisotopic (exact) mass is 319 g/mol. The quantitative estimate of drug-likeness (QED) is 0.722. The second kappa shape index (κ2) is 8.67. The summed E-state index contributed by atoms with van der Waals surface area (Å²) in [4.78, 5) is 22.6. The number of imide groups is 1. The van der Waals surface area contributed by atoms with Gasteiger partial charge in [0.15, 0.2) is 0 Å². The van der Waals surface area contributed by atoms with E-state index < -0.39 is 18.0 Å². The summed E-state index contributed by atoms with van der Waals surface area (Å²) in [5.74, 6) is 0.506. The Hall–Kier alpha value is -1.88. The fourth-order valence-corrected chi connectivity index (χ4v) is 2.58. The highest BCUT2D eigenvalue weighted by atomic mass is 16.2. The molecule has 4 N–H and O–H groups in total. The average molecular weight is 319 g/mol. The van der Waals surface area contributed by atoms with Crippen LogP contribution in [-0.4, -0.2) is 18.0 Å². The summed E-state index contributed by atoms with van der Waals surface area (Å²) in [5.41, 5.74) is 7.43. The van der Waals surface area contributed by atoms with Gasteiger partial charge in [-0.05, 0) is 36.3 Å². The number of nitrogens with two attached hydrogens (primary N) is 1. The molecule has 0 unspecified atom stereocenters. The number of benzene rings is 1. The maximum atomic E-state index is 11.8. The molecule has 0 radical (unpaired) electrons. The molecule has 0 fully saturated rings. The molecule has 128 valence electrons. The topological polar surface area (TPSA) is 84.2 Å². The molecule has 0 spiro atoms. The first-order chi connectivity index (χ1) is 10.7. The smallest absolute Gasteiger partial charge is 0.318 e. The Morgan fingerprint density at radius 1 is 1.04 bits per heavy atom. The lowest BCUT2D eigenvalue weighted by atomic mass is 9.93. The van der Waals surface area contributed by atoms with Crippen LogP contribution in [0.25, 0.3) is 0 Å². The molecule has 1 rings (SSSR count). The predicted octanol–water partition coefficient (Wildman–Crippen LogP) is 2.76. The van der Waals surface area contributed by atoms with Gasteiger partial charge in [-0.2, -0.15) is 0 Å². The molecule has 0 saturated carbocycles. The molecule has 2 atom stereocenters. The van der Waals surface area contributed by atoms with Gasteiger partial charge in [-0.25, -0.2) is 4.79 Å². The van der Waals surface area contributed by atoms with Crippen molar-refractivity contribution in [3.05, 3.63) is 35.4 Å². The van der Waals surface area contributed by atoms with Crippen LogP contribution in [0.1, 0.15) is 51.8 Å². The van der Waals surface area contributed by atoms with Crippen LogP contribution in [0.3, 0.4) is 0 Å². The van der Waals surface area contributed by atoms with E-state index in [1.165, 1.54) is 5.56 Å². The molecule has 5 nitrogen and oxygen atoms in total. The van der Waals surface area contributed by atoms with E-state index >= 15 is 0 Å². The predicted molar refractivity (Wildman–Crippen MR) is 92.9 cm³/mol. The molecule has 5 heteroatoms.